The molecule has 0 unspecified atom stereocenters. The fourth-order valence-corrected chi connectivity index (χ4v) is 4.11. The van der Waals surface area contributed by atoms with E-state index in [4.69, 9.17) is 9.47 Å². The van der Waals surface area contributed by atoms with Crippen molar-refractivity contribution in [3.05, 3.63) is 50.1 Å². The van der Waals surface area contributed by atoms with Gasteiger partial charge in [-0.1, -0.05) is 24.3 Å². The highest BCUT2D eigenvalue weighted by Gasteiger charge is 2.17. The number of carbonyl (C=O) groups is 1. The maximum absolute atomic E-state index is 11.2. The quantitative estimate of drug-likeness (QED) is 0.733. The first-order valence-corrected chi connectivity index (χ1v) is 9.82. The van der Waals surface area contributed by atoms with Gasteiger partial charge in [0.2, 0.25) is 0 Å². The van der Waals surface area contributed by atoms with Crippen LogP contribution in [0.4, 0.5) is 0 Å². The molecule has 0 spiro atoms. The van der Waals surface area contributed by atoms with Crippen LogP contribution in [0.2, 0.25) is 0 Å². The monoisotopic (exact) mass is 425 g/mol. The van der Waals surface area contributed by atoms with E-state index in [1.807, 2.05) is 12.1 Å². The molecule has 1 aliphatic rings. The van der Waals surface area contributed by atoms with Gasteiger partial charge in [0.1, 0.15) is 6.61 Å². The molecule has 1 N–H and O–H groups in total. The number of ether oxygens (including phenoxy) is 2. The van der Waals surface area contributed by atoms with E-state index in [0.717, 1.165) is 56.2 Å². The van der Waals surface area contributed by atoms with Crippen molar-refractivity contribution in [2.45, 2.75) is 13.0 Å². The van der Waals surface area contributed by atoms with E-state index in [0.29, 0.717) is 16.8 Å². The van der Waals surface area contributed by atoms with Crippen molar-refractivity contribution in [1.29, 1.82) is 0 Å². The lowest BCUT2D eigenvalue weighted by Gasteiger charge is -2.26. The second-order valence-corrected chi connectivity index (χ2v) is 7.59. The minimum Gasteiger partial charge on any atom is -0.486 e. The third-order valence-electron chi connectivity index (χ3n) is 4.12. The average Bonchev–Trinajstić information content (AvgIpc) is 3.01. The lowest BCUT2D eigenvalue weighted by atomic mass is 10.1. The Balaban J connectivity index is 1.52. The highest BCUT2D eigenvalue weighted by atomic mass is 79.9. The van der Waals surface area contributed by atoms with E-state index in [2.05, 4.69) is 33.0 Å². The molecule has 5 nitrogen and oxygen atoms in total. The summed E-state index contributed by atoms with van der Waals surface area (Å²) in [5, 5.41) is 10.9. The van der Waals surface area contributed by atoms with Crippen molar-refractivity contribution < 1.29 is 19.4 Å². The number of carboxylic acid groups (broad SMARTS) is 1. The van der Waals surface area contributed by atoms with E-state index < -0.39 is 5.97 Å². The van der Waals surface area contributed by atoms with Crippen LogP contribution in [0.15, 0.2) is 34.1 Å². The smallest absolute Gasteiger partial charge is 0.349 e. The summed E-state index contributed by atoms with van der Waals surface area (Å²) in [5.74, 6) is -0.571. The van der Waals surface area contributed by atoms with E-state index in [1.165, 1.54) is 5.56 Å². The maximum atomic E-state index is 11.2. The van der Waals surface area contributed by atoms with Crippen molar-refractivity contribution >= 4 is 33.2 Å². The molecule has 1 aromatic carbocycles. The first-order chi connectivity index (χ1) is 12.1. The van der Waals surface area contributed by atoms with E-state index >= 15 is 0 Å². The van der Waals surface area contributed by atoms with Crippen LogP contribution in [-0.2, 0) is 17.8 Å². The van der Waals surface area contributed by atoms with Gasteiger partial charge in [0.25, 0.3) is 0 Å². The molecule has 2 heterocycles. The summed E-state index contributed by atoms with van der Waals surface area (Å²) in [6.45, 7) is 5.06. The summed E-state index contributed by atoms with van der Waals surface area (Å²) in [5.41, 5.74) is 2.31. The van der Waals surface area contributed by atoms with Crippen LogP contribution < -0.4 is 4.74 Å². The minimum absolute atomic E-state index is 0.217. The van der Waals surface area contributed by atoms with Crippen LogP contribution in [0.1, 0.15) is 20.8 Å². The molecule has 25 heavy (non-hydrogen) atoms. The number of morpholine rings is 1. The maximum Gasteiger partial charge on any atom is 0.349 e. The third-order valence-corrected chi connectivity index (χ3v) is 5.97. The van der Waals surface area contributed by atoms with Gasteiger partial charge in [-0.15, -0.1) is 11.3 Å². The molecule has 0 radical (unpaired) electrons. The Labute approximate surface area is 159 Å². The molecule has 1 fully saturated rings. The molecular formula is C18H20BrNO4S. The number of hydrogen-bond acceptors (Lipinski definition) is 5. The summed E-state index contributed by atoms with van der Waals surface area (Å²) >= 11 is 4.49. The van der Waals surface area contributed by atoms with Gasteiger partial charge in [0, 0.05) is 25.0 Å². The van der Waals surface area contributed by atoms with Gasteiger partial charge in [-0.25, -0.2) is 4.79 Å². The summed E-state index contributed by atoms with van der Waals surface area (Å²) in [4.78, 5) is 13.8. The van der Waals surface area contributed by atoms with Gasteiger partial charge in [-0.2, -0.15) is 0 Å². The Morgan fingerprint density at radius 1 is 1.24 bits per heavy atom. The van der Waals surface area contributed by atoms with Crippen molar-refractivity contribution in [1.82, 2.24) is 4.90 Å². The summed E-state index contributed by atoms with van der Waals surface area (Å²) < 4.78 is 11.8. The summed E-state index contributed by atoms with van der Waals surface area (Å²) in [6, 6.07) is 8.30. The van der Waals surface area contributed by atoms with Crippen molar-refractivity contribution in [2.24, 2.45) is 0 Å². The Morgan fingerprint density at radius 2 is 1.92 bits per heavy atom. The number of carboxylic acids is 1. The molecule has 0 aliphatic carbocycles. The lowest BCUT2D eigenvalue weighted by molar-refractivity contribution is 0.0384. The van der Waals surface area contributed by atoms with Crippen LogP contribution in [0.3, 0.4) is 0 Å². The molecular weight excluding hydrogens is 406 g/mol. The number of aromatic carboxylic acids is 1. The average molecular weight is 426 g/mol. The molecule has 0 atom stereocenters. The van der Waals surface area contributed by atoms with Gasteiger partial charge >= 0.3 is 5.97 Å². The number of benzene rings is 1. The Bertz CT molecular complexity index is 710. The van der Waals surface area contributed by atoms with Crippen LogP contribution >= 0.6 is 27.3 Å². The van der Waals surface area contributed by atoms with Gasteiger partial charge in [0.05, 0.1) is 17.7 Å². The van der Waals surface area contributed by atoms with Crippen molar-refractivity contribution in [3.63, 3.8) is 0 Å². The predicted octanol–water partition coefficient (Wildman–Crippen LogP) is 3.66. The Morgan fingerprint density at radius 3 is 2.60 bits per heavy atom. The standard InChI is InChI=1S/C18H20BrNO4S/c19-15-12-25-17(18(21)22)16(15)24-11-14-3-1-13(2-4-14)5-6-20-7-9-23-10-8-20/h1-4,12H,5-11H2,(H,21,22). The summed E-state index contributed by atoms with van der Waals surface area (Å²) in [7, 11) is 0. The van der Waals surface area contributed by atoms with Crippen LogP contribution in [-0.4, -0.2) is 48.8 Å². The largest absolute Gasteiger partial charge is 0.486 e. The predicted molar refractivity (Wildman–Crippen MR) is 101 cm³/mol. The zero-order valence-electron chi connectivity index (χ0n) is 13.7. The number of hydrogen-bond donors (Lipinski definition) is 1. The van der Waals surface area contributed by atoms with E-state index in [1.54, 1.807) is 5.38 Å². The topological polar surface area (TPSA) is 59.0 Å². The molecule has 1 aliphatic heterocycles. The number of halogens is 1. The van der Waals surface area contributed by atoms with Crippen LogP contribution in [0.25, 0.3) is 0 Å². The second kappa shape index (κ2) is 8.80. The van der Waals surface area contributed by atoms with E-state index in [-0.39, 0.29) is 4.88 Å². The first kappa shape index (κ1) is 18.4. The first-order valence-electron chi connectivity index (χ1n) is 8.14. The normalized spacial score (nSPS) is 15.2. The minimum atomic E-state index is -0.968. The van der Waals surface area contributed by atoms with Gasteiger partial charge in [0.15, 0.2) is 10.6 Å². The number of thiophene rings is 1. The molecule has 1 saturated heterocycles. The number of nitrogens with zero attached hydrogens (tertiary/aromatic N) is 1. The molecule has 0 saturated carbocycles. The Kier molecular flexibility index (Phi) is 6.47. The highest BCUT2D eigenvalue weighted by Crippen LogP contribution is 2.35. The third kappa shape index (κ3) is 5.04. The molecule has 134 valence electrons. The van der Waals surface area contributed by atoms with Crippen LogP contribution in [0.5, 0.6) is 5.75 Å². The fourth-order valence-electron chi connectivity index (χ4n) is 2.68. The molecule has 3 rings (SSSR count). The van der Waals surface area contributed by atoms with Gasteiger partial charge in [-0.3, -0.25) is 4.90 Å². The molecule has 7 heteroatoms. The van der Waals surface area contributed by atoms with Crippen molar-refractivity contribution in [2.75, 3.05) is 32.8 Å². The SMILES string of the molecule is O=C(O)c1scc(Br)c1OCc1ccc(CCN2CCOCC2)cc1. The summed E-state index contributed by atoms with van der Waals surface area (Å²) in [6.07, 6.45) is 1.01. The fraction of sp³-hybridized carbons (Fsp3) is 0.389. The molecule has 0 amide bonds. The lowest BCUT2D eigenvalue weighted by Crippen LogP contribution is -2.37. The van der Waals surface area contributed by atoms with E-state index in [9.17, 15) is 9.90 Å². The van der Waals surface area contributed by atoms with Gasteiger partial charge in [-0.05, 0) is 33.5 Å². The molecule has 0 bridgehead atoms. The second-order valence-electron chi connectivity index (χ2n) is 5.86. The van der Waals surface area contributed by atoms with Crippen LogP contribution in [0, 0.1) is 0 Å². The van der Waals surface area contributed by atoms with Gasteiger partial charge < -0.3 is 14.6 Å². The highest BCUT2D eigenvalue weighted by molar-refractivity contribution is 9.10. The number of rotatable bonds is 7. The zero-order chi connectivity index (χ0) is 17.6. The zero-order valence-corrected chi connectivity index (χ0v) is 16.1. The molecule has 1 aromatic heterocycles. The Hall–Kier alpha value is -1.41. The molecule has 2 aromatic rings. The van der Waals surface area contributed by atoms with Crippen molar-refractivity contribution in [3.8, 4) is 5.75 Å².